The summed E-state index contributed by atoms with van der Waals surface area (Å²) in [7, 11) is -2.30. The van der Waals surface area contributed by atoms with Gasteiger partial charge in [-0.05, 0) is 49.9 Å². The van der Waals surface area contributed by atoms with Gasteiger partial charge in [0, 0.05) is 35.0 Å². The average Bonchev–Trinajstić information content (AvgIpc) is 2.99. The third kappa shape index (κ3) is 4.33. The van der Waals surface area contributed by atoms with E-state index >= 15 is 0 Å². The number of rotatable bonds is 3. The topological polar surface area (TPSA) is 75.8 Å². The van der Waals surface area contributed by atoms with Crippen LogP contribution < -0.4 is 0 Å². The Hall–Kier alpha value is -2.15. The van der Waals surface area contributed by atoms with Crippen molar-refractivity contribution in [2.24, 2.45) is 10.3 Å². The van der Waals surface area contributed by atoms with Gasteiger partial charge < -0.3 is 9.32 Å². The molecule has 1 aliphatic rings. The molecule has 0 unspecified atom stereocenters. The van der Waals surface area contributed by atoms with E-state index in [1.165, 1.54) is 6.20 Å². The monoisotopic (exact) mass is 375 g/mol. The lowest BCUT2D eigenvalue weighted by Gasteiger charge is -2.37. The van der Waals surface area contributed by atoms with E-state index in [2.05, 4.69) is 16.3 Å². The molecular weight excluding hydrogens is 350 g/mol. The minimum absolute atomic E-state index is 0.0936. The first-order chi connectivity index (χ1) is 12.2. The van der Waals surface area contributed by atoms with Crippen molar-refractivity contribution in [3.8, 4) is 0 Å². The molecule has 6 nitrogen and oxygen atoms in total. The first-order valence-corrected chi connectivity index (χ1v) is 11.1. The SMILES string of the molecule is Cc1ccc([C@H]2C[C@H](C)CCN2C(=O)c2cc(N=S(C)(C)=O)ccn2)o1. The van der Waals surface area contributed by atoms with Gasteiger partial charge in [0.25, 0.3) is 5.91 Å². The zero-order chi connectivity index (χ0) is 18.9. The zero-order valence-corrected chi connectivity index (χ0v) is 16.5. The first kappa shape index (κ1) is 18.6. The predicted molar refractivity (Wildman–Crippen MR) is 102 cm³/mol. The number of furan rings is 1. The van der Waals surface area contributed by atoms with Gasteiger partial charge >= 0.3 is 0 Å². The Morgan fingerprint density at radius 3 is 2.77 bits per heavy atom. The Morgan fingerprint density at radius 2 is 2.12 bits per heavy atom. The summed E-state index contributed by atoms with van der Waals surface area (Å²) < 4.78 is 21.9. The molecule has 1 fully saturated rings. The number of aryl methyl sites for hydroxylation is 1. The Kier molecular flexibility index (Phi) is 5.18. The maximum Gasteiger partial charge on any atom is 0.273 e. The van der Waals surface area contributed by atoms with Crippen LogP contribution in [0.25, 0.3) is 0 Å². The lowest BCUT2D eigenvalue weighted by Crippen LogP contribution is -2.40. The molecule has 2 aromatic rings. The third-order valence-corrected chi connectivity index (χ3v) is 5.15. The Morgan fingerprint density at radius 1 is 1.35 bits per heavy atom. The van der Waals surface area contributed by atoms with Crippen LogP contribution in [-0.4, -0.2) is 39.1 Å². The Labute approximate surface area is 154 Å². The molecule has 1 aliphatic heterocycles. The van der Waals surface area contributed by atoms with Crippen LogP contribution in [0, 0.1) is 12.8 Å². The van der Waals surface area contributed by atoms with Gasteiger partial charge in [-0.2, -0.15) is 4.36 Å². The summed E-state index contributed by atoms with van der Waals surface area (Å²) in [6, 6.07) is 7.05. The van der Waals surface area contributed by atoms with Crippen LogP contribution in [0.2, 0.25) is 0 Å². The van der Waals surface area contributed by atoms with Gasteiger partial charge in [0.1, 0.15) is 17.2 Å². The fourth-order valence-electron chi connectivity index (χ4n) is 3.28. The molecule has 2 aromatic heterocycles. The van der Waals surface area contributed by atoms with Gasteiger partial charge in [-0.1, -0.05) is 6.92 Å². The highest BCUT2D eigenvalue weighted by Gasteiger charge is 2.34. The smallest absolute Gasteiger partial charge is 0.273 e. The predicted octanol–water partition coefficient (Wildman–Crippen LogP) is 3.96. The third-order valence-electron chi connectivity index (χ3n) is 4.50. The summed E-state index contributed by atoms with van der Waals surface area (Å²) in [6.45, 7) is 4.76. The quantitative estimate of drug-likeness (QED) is 0.814. The molecule has 140 valence electrons. The number of aromatic nitrogens is 1. The zero-order valence-electron chi connectivity index (χ0n) is 15.6. The number of hydrogen-bond donors (Lipinski definition) is 0. The van der Waals surface area contributed by atoms with Crippen LogP contribution in [0.5, 0.6) is 0 Å². The second-order valence-corrected chi connectivity index (χ2v) is 9.81. The van der Waals surface area contributed by atoms with E-state index in [4.69, 9.17) is 4.42 Å². The minimum atomic E-state index is -2.30. The molecule has 1 amide bonds. The second-order valence-electron chi connectivity index (χ2n) is 7.26. The molecule has 0 bridgehead atoms. The Balaban J connectivity index is 1.92. The number of piperidine rings is 1. The molecule has 0 aromatic carbocycles. The summed E-state index contributed by atoms with van der Waals surface area (Å²) in [5.74, 6) is 2.03. The molecule has 0 spiro atoms. The highest BCUT2D eigenvalue weighted by atomic mass is 32.2. The fourth-order valence-corrected chi connectivity index (χ4v) is 3.90. The van der Waals surface area contributed by atoms with Gasteiger partial charge in [-0.15, -0.1) is 0 Å². The molecule has 3 heterocycles. The summed E-state index contributed by atoms with van der Waals surface area (Å²) in [6.07, 6.45) is 6.48. The van der Waals surface area contributed by atoms with Crippen molar-refractivity contribution in [3.05, 3.63) is 47.7 Å². The maximum absolute atomic E-state index is 13.1. The molecular formula is C19H25N3O3S. The number of likely N-dealkylation sites (tertiary alicyclic amines) is 1. The van der Waals surface area contributed by atoms with Crippen molar-refractivity contribution in [3.63, 3.8) is 0 Å². The van der Waals surface area contributed by atoms with Gasteiger partial charge in [0.2, 0.25) is 0 Å². The number of pyridine rings is 1. The molecule has 0 saturated carbocycles. The van der Waals surface area contributed by atoms with Gasteiger partial charge in [0.05, 0.1) is 11.7 Å². The van der Waals surface area contributed by atoms with E-state index in [0.29, 0.717) is 23.8 Å². The number of carbonyl (C=O) groups is 1. The summed E-state index contributed by atoms with van der Waals surface area (Å²) >= 11 is 0. The maximum atomic E-state index is 13.1. The van der Waals surface area contributed by atoms with Crippen LogP contribution in [0.3, 0.4) is 0 Å². The molecule has 3 rings (SSSR count). The fraction of sp³-hybridized carbons (Fsp3) is 0.474. The standard InChI is InChI=1S/C19H25N3O3S/c1-13-8-10-22(17(11-13)18-6-5-14(2)25-18)19(23)16-12-15(7-9-20-16)21-26(3,4)24/h5-7,9,12-13,17H,8,10-11H2,1-4H3/t13-,17-/m1/s1. The highest BCUT2D eigenvalue weighted by molar-refractivity contribution is 7.92. The van der Waals surface area contributed by atoms with Crippen molar-refractivity contribution >= 4 is 21.3 Å². The van der Waals surface area contributed by atoms with E-state index in [1.54, 1.807) is 24.6 Å². The van der Waals surface area contributed by atoms with Crippen LogP contribution in [0.4, 0.5) is 5.69 Å². The largest absolute Gasteiger partial charge is 0.464 e. The summed E-state index contributed by atoms with van der Waals surface area (Å²) in [5.41, 5.74) is 0.826. The highest BCUT2D eigenvalue weighted by Crippen LogP contribution is 2.35. The van der Waals surface area contributed by atoms with Gasteiger partial charge in [0.15, 0.2) is 0 Å². The molecule has 1 saturated heterocycles. The lowest BCUT2D eigenvalue weighted by atomic mass is 9.91. The van der Waals surface area contributed by atoms with Crippen molar-refractivity contribution < 1.29 is 13.4 Å². The number of carbonyl (C=O) groups excluding carboxylic acids is 1. The number of hydrogen-bond acceptors (Lipinski definition) is 5. The first-order valence-electron chi connectivity index (χ1n) is 8.73. The van der Waals surface area contributed by atoms with Gasteiger partial charge in [-0.25, -0.2) is 4.21 Å². The van der Waals surface area contributed by atoms with Crippen LogP contribution in [-0.2, 0) is 9.73 Å². The van der Waals surface area contributed by atoms with E-state index in [-0.39, 0.29) is 11.9 Å². The van der Waals surface area contributed by atoms with Crippen molar-refractivity contribution in [2.75, 3.05) is 19.1 Å². The lowest BCUT2D eigenvalue weighted by molar-refractivity contribution is 0.0513. The molecule has 2 atom stereocenters. The molecule has 0 aliphatic carbocycles. The van der Waals surface area contributed by atoms with Crippen molar-refractivity contribution in [1.82, 2.24) is 9.88 Å². The molecule has 26 heavy (non-hydrogen) atoms. The van der Waals surface area contributed by atoms with E-state index in [9.17, 15) is 9.00 Å². The van der Waals surface area contributed by atoms with Crippen LogP contribution >= 0.6 is 0 Å². The number of nitrogens with zero attached hydrogens (tertiary/aromatic N) is 3. The van der Waals surface area contributed by atoms with E-state index in [0.717, 1.165) is 24.4 Å². The van der Waals surface area contributed by atoms with Gasteiger partial charge in [-0.3, -0.25) is 9.78 Å². The minimum Gasteiger partial charge on any atom is -0.464 e. The van der Waals surface area contributed by atoms with Crippen molar-refractivity contribution in [1.29, 1.82) is 0 Å². The van der Waals surface area contributed by atoms with E-state index < -0.39 is 9.73 Å². The Bertz CT molecular complexity index is 920. The molecule has 0 N–H and O–H groups in total. The van der Waals surface area contributed by atoms with Crippen LogP contribution in [0.1, 0.15) is 47.8 Å². The summed E-state index contributed by atoms with van der Waals surface area (Å²) in [4.78, 5) is 19.2. The van der Waals surface area contributed by atoms with Crippen LogP contribution in [0.15, 0.2) is 39.2 Å². The van der Waals surface area contributed by atoms with E-state index in [1.807, 2.05) is 24.0 Å². The normalized spacial score (nSPS) is 20.8. The average molecular weight is 375 g/mol. The molecule has 0 radical (unpaired) electrons. The second kappa shape index (κ2) is 7.23. The number of amides is 1. The molecule has 7 heteroatoms. The summed E-state index contributed by atoms with van der Waals surface area (Å²) in [5, 5.41) is 0. The van der Waals surface area contributed by atoms with Crippen molar-refractivity contribution in [2.45, 2.75) is 32.7 Å².